The minimum Gasteiger partial charge on any atom is -0.490 e. The summed E-state index contributed by atoms with van der Waals surface area (Å²) in [6.45, 7) is 5.29. The van der Waals surface area contributed by atoms with E-state index in [9.17, 15) is 9.59 Å². The van der Waals surface area contributed by atoms with Crippen LogP contribution in [0, 0.1) is 6.92 Å². The van der Waals surface area contributed by atoms with E-state index in [1.54, 1.807) is 38.1 Å². The maximum Gasteiger partial charge on any atom is 0.344 e. The zero-order chi connectivity index (χ0) is 22.7. The molecule has 1 N–H and O–H groups in total. The van der Waals surface area contributed by atoms with Gasteiger partial charge in [0, 0.05) is 4.47 Å². The van der Waals surface area contributed by atoms with E-state index < -0.39 is 12.1 Å². The predicted molar refractivity (Wildman–Crippen MR) is 124 cm³/mol. The van der Waals surface area contributed by atoms with Gasteiger partial charge in [0.05, 0.1) is 28.2 Å². The molecule has 0 saturated carbocycles. The van der Waals surface area contributed by atoms with Crippen molar-refractivity contribution in [3.05, 3.63) is 61.0 Å². The van der Waals surface area contributed by atoms with Crippen molar-refractivity contribution in [1.29, 1.82) is 0 Å². The quantitative estimate of drug-likeness (QED) is 0.437. The third-order valence-electron chi connectivity index (χ3n) is 4.27. The number of benzene rings is 2. The lowest BCUT2D eigenvalue weighted by molar-refractivity contribution is -0.144. The maximum absolute atomic E-state index is 12.9. The molecule has 0 aliphatic rings. The van der Waals surface area contributed by atoms with E-state index in [2.05, 4.69) is 41.9 Å². The molecule has 0 bridgehead atoms. The van der Waals surface area contributed by atoms with Crippen molar-refractivity contribution in [1.82, 2.24) is 9.66 Å². The minimum atomic E-state index is -1.09. The van der Waals surface area contributed by atoms with Crippen LogP contribution in [-0.2, 0) is 4.79 Å². The van der Waals surface area contributed by atoms with Gasteiger partial charge >= 0.3 is 5.97 Å². The largest absolute Gasteiger partial charge is 0.490 e. The Balaban J connectivity index is 2.02. The number of aromatic nitrogens is 2. The number of carbonyl (C=O) groups is 1. The lowest BCUT2D eigenvalue weighted by atomic mass is 10.2. The first-order chi connectivity index (χ1) is 14.7. The van der Waals surface area contributed by atoms with E-state index in [-0.39, 0.29) is 11.3 Å². The molecule has 3 rings (SSSR count). The third-order valence-corrected chi connectivity index (χ3v) is 5.35. The van der Waals surface area contributed by atoms with Gasteiger partial charge in [0.15, 0.2) is 17.6 Å². The summed E-state index contributed by atoms with van der Waals surface area (Å²) >= 11 is 6.76. The van der Waals surface area contributed by atoms with E-state index >= 15 is 0 Å². The molecule has 2 aromatic carbocycles. The highest BCUT2D eigenvalue weighted by Gasteiger charge is 2.19. The van der Waals surface area contributed by atoms with Gasteiger partial charge in [-0.15, -0.1) is 0 Å². The highest BCUT2D eigenvalue weighted by Crippen LogP contribution is 2.37. The molecular weight excluding hydrogens is 534 g/mol. The number of aliphatic carboxylic acids is 1. The van der Waals surface area contributed by atoms with Crippen LogP contribution >= 0.6 is 31.9 Å². The average molecular weight is 553 g/mol. The van der Waals surface area contributed by atoms with Crippen LogP contribution in [0.2, 0.25) is 0 Å². The fourth-order valence-electron chi connectivity index (χ4n) is 2.79. The Labute approximate surface area is 194 Å². The van der Waals surface area contributed by atoms with Crippen LogP contribution in [0.25, 0.3) is 10.9 Å². The molecule has 1 atom stereocenters. The first-order valence-corrected chi connectivity index (χ1v) is 10.9. The summed E-state index contributed by atoms with van der Waals surface area (Å²) in [5.41, 5.74) is 0.915. The van der Waals surface area contributed by atoms with Gasteiger partial charge < -0.3 is 14.6 Å². The second kappa shape index (κ2) is 9.61. The Morgan fingerprint density at radius 2 is 2.06 bits per heavy atom. The molecule has 31 heavy (non-hydrogen) atoms. The fourth-order valence-corrected chi connectivity index (χ4v) is 3.70. The maximum atomic E-state index is 12.9. The summed E-state index contributed by atoms with van der Waals surface area (Å²) in [5.74, 6) is -0.0174. The molecule has 0 aliphatic heterocycles. The SMILES string of the molecule is CCOc1cc(C=Nn2c(C)nc3ccc(Br)cc3c2=O)cc(Br)c1O[C@@H](C)C(=O)O. The van der Waals surface area contributed by atoms with Crippen molar-refractivity contribution in [3.8, 4) is 11.5 Å². The second-order valence-electron chi connectivity index (χ2n) is 6.54. The number of aryl methyl sites for hydroxylation is 1. The molecule has 3 aromatic rings. The van der Waals surface area contributed by atoms with Gasteiger partial charge in [-0.1, -0.05) is 15.9 Å². The van der Waals surface area contributed by atoms with Gasteiger partial charge in [0.1, 0.15) is 5.82 Å². The van der Waals surface area contributed by atoms with Crippen molar-refractivity contribution in [2.75, 3.05) is 6.61 Å². The number of carboxylic acids is 1. The first-order valence-electron chi connectivity index (χ1n) is 9.30. The van der Waals surface area contributed by atoms with Crippen molar-refractivity contribution in [3.63, 3.8) is 0 Å². The van der Waals surface area contributed by atoms with Gasteiger partial charge in [-0.3, -0.25) is 4.79 Å². The molecule has 0 saturated heterocycles. The third kappa shape index (κ3) is 5.13. The summed E-state index contributed by atoms with van der Waals surface area (Å²) in [6.07, 6.45) is 0.441. The highest BCUT2D eigenvalue weighted by atomic mass is 79.9. The van der Waals surface area contributed by atoms with Crippen LogP contribution < -0.4 is 15.0 Å². The summed E-state index contributed by atoms with van der Waals surface area (Å²) in [7, 11) is 0. The van der Waals surface area contributed by atoms with E-state index in [0.29, 0.717) is 39.1 Å². The lowest BCUT2D eigenvalue weighted by Crippen LogP contribution is -2.23. The summed E-state index contributed by atoms with van der Waals surface area (Å²) in [4.78, 5) is 28.5. The zero-order valence-electron chi connectivity index (χ0n) is 16.9. The monoisotopic (exact) mass is 551 g/mol. The van der Waals surface area contributed by atoms with Gasteiger partial charge in [-0.25, -0.2) is 9.78 Å². The van der Waals surface area contributed by atoms with Crippen LogP contribution in [0.4, 0.5) is 0 Å². The fraction of sp³-hybridized carbons (Fsp3) is 0.238. The summed E-state index contributed by atoms with van der Waals surface area (Å²) in [6, 6.07) is 8.65. The number of carboxylic acid groups (broad SMARTS) is 1. The predicted octanol–water partition coefficient (Wildman–Crippen LogP) is 4.36. The van der Waals surface area contributed by atoms with E-state index in [1.165, 1.54) is 17.8 Å². The van der Waals surface area contributed by atoms with E-state index in [0.717, 1.165) is 4.47 Å². The van der Waals surface area contributed by atoms with Crippen LogP contribution in [0.1, 0.15) is 25.2 Å². The summed E-state index contributed by atoms with van der Waals surface area (Å²) in [5, 5.41) is 13.9. The summed E-state index contributed by atoms with van der Waals surface area (Å²) < 4.78 is 13.6. The van der Waals surface area contributed by atoms with Gasteiger partial charge in [0.2, 0.25) is 0 Å². The van der Waals surface area contributed by atoms with Gasteiger partial charge in [-0.2, -0.15) is 9.78 Å². The Hall–Kier alpha value is -2.72. The molecule has 0 unspecified atom stereocenters. The van der Waals surface area contributed by atoms with Crippen molar-refractivity contribution < 1.29 is 19.4 Å². The number of fused-ring (bicyclic) bond motifs is 1. The molecular formula is C21H19Br2N3O5. The molecule has 8 nitrogen and oxygen atoms in total. The van der Waals surface area contributed by atoms with Crippen molar-refractivity contribution in [2.24, 2.45) is 5.10 Å². The van der Waals surface area contributed by atoms with E-state index in [1.807, 2.05) is 6.07 Å². The smallest absolute Gasteiger partial charge is 0.344 e. The van der Waals surface area contributed by atoms with Crippen LogP contribution in [0.15, 0.2) is 49.2 Å². The zero-order valence-corrected chi connectivity index (χ0v) is 20.1. The molecule has 1 aromatic heterocycles. The molecule has 0 spiro atoms. The van der Waals surface area contributed by atoms with Gasteiger partial charge in [0.25, 0.3) is 5.56 Å². The Bertz CT molecular complexity index is 1240. The molecule has 10 heteroatoms. The molecule has 0 amide bonds. The first kappa shape index (κ1) is 23.0. The van der Waals surface area contributed by atoms with E-state index in [4.69, 9.17) is 14.6 Å². The van der Waals surface area contributed by atoms with Crippen LogP contribution in [-0.4, -0.2) is 39.7 Å². The van der Waals surface area contributed by atoms with Gasteiger partial charge in [-0.05, 0) is 72.6 Å². The standard InChI is InChI=1S/C21H19Br2N3O5/c1-4-30-18-8-13(7-16(23)19(18)31-11(2)21(28)29)10-24-26-12(3)25-17-6-5-14(22)9-15(17)20(26)27/h5-11H,4H2,1-3H3,(H,28,29)/t11-/m0/s1. The normalized spacial score (nSPS) is 12.3. The topological polar surface area (TPSA) is 103 Å². The number of hydrogen-bond acceptors (Lipinski definition) is 6. The van der Waals surface area contributed by atoms with Crippen molar-refractivity contribution in [2.45, 2.75) is 26.9 Å². The molecule has 1 heterocycles. The van der Waals surface area contributed by atoms with Crippen molar-refractivity contribution >= 4 is 54.9 Å². The van der Waals surface area contributed by atoms with Crippen LogP contribution in [0.3, 0.4) is 0 Å². The Morgan fingerprint density at radius 1 is 1.32 bits per heavy atom. The van der Waals surface area contributed by atoms with Crippen LogP contribution in [0.5, 0.6) is 11.5 Å². The molecule has 162 valence electrons. The molecule has 0 aliphatic carbocycles. The minimum absolute atomic E-state index is 0.277. The number of hydrogen-bond donors (Lipinski definition) is 1. The lowest BCUT2D eigenvalue weighted by Gasteiger charge is -2.16. The molecule has 0 fully saturated rings. The Morgan fingerprint density at radius 3 is 2.74 bits per heavy atom. The molecule has 0 radical (unpaired) electrons. The number of nitrogens with zero attached hydrogens (tertiary/aromatic N) is 3. The number of ether oxygens (including phenoxy) is 2. The number of rotatable bonds is 7. The highest BCUT2D eigenvalue weighted by molar-refractivity contribution is 9.10. The Kier molecular flexibility index (Phi) is 7.11. The number of halogens is 2. The second-order valence-corrected chi connectivity index (χ2v) is 8.31. The average Bonchev–Trinajstić information content (AvgIpc) is 2.71.